The number of aliphatic carboxylic acids is 1. The van der Waals surface area contributed by atoms with Gasteiger partial charge in [0.15, 0.2) is 0 Å². The first-order valence-corrected chi connectivity index (χ1v) is 15.0. The number of halogens is 4. The van der Waals surface area contributed by atoms with Crippen LogP contribution >= 0.6 is 11.6 Å². The predicted molar refractivity (Wildman–Crippen MR) is 166 cm³/mol. The molecule has 0 radical (unpaired) electrons. The Morgan fingerprint density at radius 1 is 1.16 bits per heavy atom. The third kappa shape index (κ3) is 10.6. The van der Waals surface area contributed by atoms with Crippen LogP contribution in [0.3, 0.4) is 0 Å². The highest BCUT2D eigenvalue weighted by Crippen LogP contribution is 2.29. The molecule has 9 nitrogen and oxygen atoms in total. The second-order valence-corrected chi connectivity index (χ2v) is 11.3. The molecule has 1 fully saturated rings. The number of nitrogens with two attached hydrogens (primary N) is 1. The predicted octanol–water partition coefficient (Wildman–Crippen LogP) is 5.58. The molecule has 242 valence electrons. The van der Waals surface area contributed by atoms with E-state index in [2.05, 4.69) is 57.6 Å². The molecule has 1 amide bonds. The number of piperidine rings is 1. The number of fused-ring (bicyclic) bond motifs is 1. The number of amides is 1. The molecule has 0 atom stereocenters. The van der Waals surface area contributed by atoms with Gasteiger partial charge in [-0.05, 0) is 69.9 Å². The molecule has 3 aromatic rings. The number of ether oxygens (including phenoxy) is 1. The third-order valence-corrected chi connectivity index (χ3v) is 8.01. The van der Waals surface area contributed by atoms with E-state index < -0.39 is 12.1 Å². The van der Waals surface area contributed by atoms with Crippen molar-refractivity contribution in [2.24, 2.45) is 0 Å². The molecule has 0 unspecified atom stereocenters. The van der Waals surface area contributed by atoms with Gasteiger partial charge in [0, 0.05) is 48.8 Å². The van der Waals surface area contributed by atoms with Gasteiger partial charge in [0.2, 0.25) is 0 Å². The Labute approximate surface area is 260 Å². The van der Waals surface area contributed by atoms with E-state index in [0.717, 1.165) is 52.0 Å². The number of carboxylic acids is 1. The molecule has 0 saturated carbocycles. The number of hydrogen-bond acceptors (Lipinski definition) is 6. The number of H-pyrrole nitrogens is 1. The summed E-state index contributed by atoms with van der Waals surface area (Å²) >= 11 is 6.12. The van der Waals surface area contributed by atoms with E-state index in [0.29, 0.717) is 22.0 Å². The normalized spacial score (nSPS) is 14.3. The quantitative estimate of drug-likeness (QED) is 0.151. The second kappa shape index (κ2) is 16.6. The number of benzene rings is 2. The van der Waals surface area contributed by atoms with E-state index >= 15 is 0 Å². The first-order valence-electron chi connectivity index (χ1n) is 14.6. The zero-order valence-corrected chi connectivity index (χ0v) is 25.8. The lowest BCUT2D eigenvalue weighted by molar-refractivity contribution is -0.192. The Morgan fingerprint density at radius 3 is 2.50 bits per heavy atom. The Hall–Kier alpha value is -3.48. The van der Waals surface area contributed by atoms with E-state index in [9.17, 15) is 18.0 Å². The number of anilines is 1. The summed E-state index contributed by atoms with van der Waals surface area (Å²) in [5.74, 6) is -2.47. The van der Waals surface area contributed by atoms with Crippen LogP contribution in [0.25, 0.3) is 10.9 Å². The molecule has 1 aliphatic rings. The van der Waals surface area contributed by atoms with E-state index in [1.54, 1.807) is 12.1 Å². The van der Waals surface area contributed by atoms with Crippen molar-refractivity contribution in [3.05, 3.63) is 58.7 Å². The first-order chi connectivity index (χ1) is 20.9. The molecule has 44 heavy (non-hydrogen) atoms. The average molecular weight is 640 g/mol. The van der Waals surface area contributed by atoms with Crippen molar-refractivity contribution in [3.63, 3.8) is 0 Å². The molecule has 0 bridgehead atoms. The zero-order valence-electron chi connectivity index (χ0n) is 25.1. The fourth-order valence-corrected chi connectivity index (χ4v) is 5.30. The van der Waals surface area contributed by atoms with Crippen molar-refractivity contribution in [1.29, 1.82) is 0 Å². The van der Waals surface area contributed by atoms with Crippen LogP contribution in [0.4, 0.5) is 18.9 Å². The number of carboxylic acid groups (broad SMARTS) is 1. The van der Waals surface area contributed by atoms with Crippen molar-refractivity contribution in [3.8, 4) is 5.75 Å². The van der Waals surface area contributed by atoms with Crippen LogP contribution < -0.4 is 15.8 Å². The van der Waals surface area contributed by atoms with Gasteiger partial charge in [-0.25, -0.2) is 4.79 Å². The molecule has 0 aliphatic carbocycles. The molecule has 1 aliphatic heterocycles. The molecule has 1 aromatic heterocycles. The summed E-state index contributed by atoms with van der Waals surface area (Å²) in [6.45, 7) is 5.36. The molecule has 5 N–H and O–H groups in total. The van der Waals surface area contributed by atoms with E-state index in [4.69, 9.17) is 32.0 Å². The third-order valence-electron chi connectivity index (χ3n) is 7.68. The number of likely N-dealkylation sites (tertiary alicyclic amines) is 1. The summed E-state index contributed by atoms with van der Waals surface area (Å²) in [6, 6.07) is 11.9. The molecule has 2 heterocycles. The van der Waals surface area contributed by atoms with Crippen molar-refractivity contribution < 1.29 is 32.6 Å². The maximum atomic E-state index is 12.8. The number of alkyl halides is 3. The number of carbonyl (C=O) groups is 2. The largest absolute Gasteiger partial charge is 0.496 e. The minimum Gasteiger partial charge on any atom is -0.496 e. The van der Waals surface area contributed by atoms with Gasteiger partial charge in [0.1, 0.15) is 5.75 Å². The smallest absolute Gasteiger partial charge is 0.490 e. The van der Waals surface area contributed by atoms with Crippen LogP contribution in [0.5, 0.6) is 5.75 Å². The Bertz CT molecular complexity index is 1380. The number of hydrogen-bond donors (Lipinski definition) is 4. The minimum absolute atomic E-state index is 0.161. The number of nitrogens with zero attached hydrogens (tertiary/aromatic N) is 2. The molecule has 2 aromatic carbocycles. The Balaban J connectivity index is 0.000000676. The maximum Gasteiger partial charge on any atom is 0.490 e. The lowest BCUT2D eigenvalue weighted by Gasteiger charge is -2.32. The molecular formula is C31H41ClF3N5O4. The van der Waals surface area contributed by atoms with Crippen LogP contribution in [0.15, 0.2) is 42.6 Å². The van der Waals surface area contributed by atoms with E-state index in [1.807, 2.05) is 0 Å². The molecule has 1 saturated heterocycles. The van der Waals surface area contributed by atoms with Gasteiger partial charge >= 0.3 is 12.1 Å². The number of aromatic nitrogens is 1. The van der Waals surface area contributed by atoms with Crippen LogP contribution in [0.2, 0.25) is 5.02 Å². The fraction of sp³-hybridized carbons (Fsp3) is 0.484. The standard InChI is InChI=1S/C29H40ClN5O2.C2HF3O2/c1-34(15-10-21-20-32-27-9-5-4-8-23(21)27)13-6-3-7-14-35-16-11-22(12-17-35)33-29(36)24-18-25(30)26(31)19-28(24)37-2;3-2(4,5)1(6)7/h4-5,8-9,18-20,22,32H,3,6-7,10-17,31H2,1-2H3,(H,33,36);(H,6,7). The van der Waals surface area contributed by atoms with Gasteiger partial charge in [-0.1, -0.05) is 36.2 Å². The lowest BCUT2D eigenvalue weighted by Crippen LogP contribution is -2.44. The van der Waals surface area contributed by atoms with Crippen molar-refractivity contribution in [2.45, 2.75) is 50.7 Å². The highest BCUT2D eigenvalue weighted by Gasteiger charge is 2.38. The number of nitrogen functional groups attached to an aromatic ring is 1. The van der Waals surface area contributed by atoms with Crippen LogP contribution in [-0.2, 0) is 11.2 Å². The highest BCUT2D eigenvalue weighted by molar-refractivity contribution is 6.33. The van der Waals surface area contributed by atoms with Gasteiger partial charge in [-0.2, -0.15) is 13.2 Å². The van der Waals surface area contributed by atoms with Crippen molar-refractivity contribution in [2.75, 3.05) is 52.6 Å². The SMILES string of the molecule is COc1cc(N)c(Cl)cc1C(=O)NC1CCN(CCCCCN(C)CCc2c[nH]c3ccccc23)CC1.O=C(O)C(F)(F)F. The van der Waals surface area contributed by atoms with Crippen LogP contribution in [-0.4, -0.2) is 90.9 Å². The second-order valence-electron chi connectivity index (χ2n) is 10.9. The lowest BCUT2D eigenvalue weighted by atomic mass is 10.0. The number of nitrogens with one attached hydrogen (secondary N) is 2. The van der Waals surface area contributed by atoms with E-state index in [-0.39, 0.29) is 11.9 Å². The van der Waals surface area contributed by atoms with Crippen LogP contribution in [0.1, 0.15) is 48.0 Å². The van der Waals surface area contributed by atoms with Crippen LogP contribution in [0, 0.1) is 0 Å². The molecular weight excluding hydrogens is 599 g/mol. The topological polar surface area (TPSA) is 124 Å². The van der Waals surface area contributed by atoms with Gasteiger partial charge in [0.05, 0.1) is 23.4 Å². The summed E-state index contributed by atoms with van der Waals surface area (Å²) in [5.41, 5.74) is 9.29. The molecule has 0 spiro atoms. The Kier molecular flexibility index (Phi) is 13.2. The van der Waals surface area contributed by atoms with Crippen molar-refractivity contribution >= 4 is 40.1 Å². The van der Waals surface area contributed by atoms with Gasteiger partial charge in [-0.3, -0.25) is 4.79 Å². The number of methoxy groups -OCH3 is 1. The number of carbonyl (C=O) groups excluding carboxylic acids is 1. The van der Waals surface area contributed by atoms with Gasteiger partial charge < -0.3 is 35.7 Å². The average Bonchev–Trinajstić information content (AvgIpc) is 3.40. The van der Waals surface area contributed by atoms with Gasteiger partial charge in [-0.15, -0.1) is 0 Å². The zero-order chi connectivity index (χ0) is 32.3. The maximum absolute atomic E-state index is 12.8. The summed E-state index contributed by atoms with van der Waals surface area (Å²) in [5, 5.41) is 12.0. The van der Waals surface area contributed by atoms with Crippen molar-refractivity contribution in [1.82, 2.24) is 20.1 Å². The summed E-state index contributed by atoms with van der Waals surface area (Å²) in [7, 11) is 3.75. The summed E-state index contributed by atoms with van der Waals surface area (Å²) in [6.07, 6.45) is 3.73. The summed E-state index contributed by atoms with van der Waals surface area (Å²) < 4.78 is 37.1. The molecule has 13 heteroatoms. The fourth-order valence-electron chi connectivity index (χ4n) is 5.13. The number of likely N-dealkylation sites (N-methyl/N-ethyl adjacent to an activating group) is 1. The number of aromatic amines is 1. The number of para-hydroxylation sites is 1. The number of rotatable bonds is 12. The highest BCUT2D eigenvalue weighted by atomic mass is 35.5. The monoisotopic (exact) mass is 639 g/mol. The molecule has 4 rings (SSSR count). The van der Waals surface area contributed by atoms with E-state index in [1.165, 1.54) is 42.8 Å². The minimum atomic E-state index is -5.08. The Morgan fingerprint density at radius 2 is 1.84 bits per heavy atom. The first kappa shape index (κ1) is 35.0. The summed E-state index contributed by atoms with van der Waals surface area (Å²) in [4.78, 5) is 30.0. The van der Waals surface area contributed by atoms with Gasteiger partial charge in [0.25, 0.3) is 5.91 Å². The number of unbranched alkanes of at least 4 members (excludes halogenated alkanes) is 2.